The van der Waals surface area contributed by atoms with Crippen LogP contribution < -0.4 is 10.1 Å². The van der Waals surface area contributed by atoms with Crippen molar-refractivity contribution in [1.29, 1.82) is 0 Å². The molecule has 2 aromatic heterocycles. The zero-order valence-corrected chi connectivity index (χ0v) is 16.3. The van der Waals surface area contributed by atoms with Gasteiger partial charge in [0.1, 0.15) is 12.4 Å². The summed E-state index contributed by atoms with van der Waals surface area (Å²) in [4.78, 5) is 19.5. The summed E-state index contributed by atoms with van der Waals surface area (Å²) in [6, 6.07) is 9.38. The Balaban J connectivity index is 1.42. The fourth-order valence-corrected chi connectivity index (χ4v) is 3.55. The maximum atomic E-state index is 12.7. The van der Waals surface area contributed by atoms with Crippen molar-refractivity contribution in [3.05, 3.63) is 53.5 Å². The van der Waals surface area contributed by atoms with E-state index in [0.29, 0.717) is 17.9 Å². The monoisotopic (exact) mass is 379 g/mol. The summed E-state index contributed by atoms with van der Waals surface area (Å²) in [6.45, 7) is 7.68. The molecule has 0 unspecified atom stereocenters. The molecule has 7 heteroatoms. The SMILES string of the molecule is Cc1cc2ncc(C(=O)Nc3cccc(OCCN4CCCC4)c3)c(C)n2n1. The third kappa shape index (κ3) is 3.99. The maximum absolute atomic E-state index is 12.7. The molecule has 1 fully saturated rings. The Bertz CT molecular complexity index is 992. The third-order valence-corrected chi connectivity index (χ3v) is 5.06. The van der Waals surface area contributed by atoms with Crippen LogP contribution in [0.5, 0.6) is 5.75 Å². The first kappa shape index (κ1) is 18.4. The standard InChI is InChI=1S/C21H25N5O2/c1-15-12-20-22-14-19(16(2)26(20)24-15)21(27)23-17-6-5-7-18(13-17)28-11-10-25-8-3-4-9-25/h5-7,12-14H,3-4,8-11H2,1-2H3,(H,23,27). The van der Waals surface area contributed by atoms with E-state index in [1.54, 1.807) is 10.7 Å². The van der Waals surface area contributed by atoms with Crippen LogP contribution in [0.2, 0.25) is 0 Å². The van der Waals surface area contributed by atoms with E-state index < -0.39 is 0 Å². The molecule has 4 rings (SSSR count). The van der Waals surface area contributed by atoms with Gasteiger partial charge in [0.05, 0.1) is 17.0 Å². The minimum absolute atomic E-state index is 0.214. The lowest BCUT2D eigenvalue weighted by Crippen LogP contribution is -2.25. The van der Waals surface area contributed by atoms with Crippen molar-refractivity contribution in [2.24, 2.45) is 0 Å². The number of benzene rings is 1. The number of ether oxygens (including phenoxy) is 1. The summed E-state index contributed by atoms with van der Waals surface area (Å²) in [5, 5.41) is 7.33. The molecular formula is C21H25N5O2. The zero-order chi connectivity index (χ0) is 19.5. The van der Waals surface area contributed by atoms with Crippen LogP contribution in [0.15, 0.2) is 36.5 Å². The first-order valence-corrected chi connectivity index (χ1v) is 9.69. The van der Waals surface area contributed by atoms with Crippen molar-refractivity contribution in [1.82, 2.24) is 19.5 Å². The molecule has 1 amide bonds. The number of aromatic nitrogens is 3. The molecule has 3 aromatic rings. The summed E-state index contributed by atoms with van der Waals surface area (Å²) in [7, 11) is 0. The fourth-order valence-electron chi connectivity index (χ4n) is 3.55. The van der Waals surface area contributed by atoms with E-state index in [1.807, 2.05) is 44.2 Å². The molecule has 0 spiro atoms. The van der Waals surface area contributed by atoms with Crippen LogP contribution in [0.4, 0.5) is 5.69 Å². The van der Waals surface area contributed by atoms with Crippen molar-refractivity contribution in [2.45, 2.75) is 26.7 Å². The number of rotatable bonds is 6. The van der Waals surface area contributed by atoms with Crippen molar-refractivity contribution in [2.75, 3.05) is 31.6 Å². The number of likely N-dealkylation sites (tertiary alicyclic amines) is 1. The van der Waals surface area contributed by atoms with Gasteiger partial charge in [0, 0.05) is 30.6 Å². The smallest absolute Gasteiger partial charge is 0.259 e. The Morgan fingerprint density at radius 2 is 2.04 bits per heavy atom. The van der Waals surface area contributed by atoms with E-state index in [0.717, 1.165) is 42.4 Å². The molecule has 1 aliphatic heterocycles. The third-order valence-electron chi connectivity index (χ3n) is 5.06. The van der Waals surface area contributed by atoms with Crippen LogP contribution in [0, 0.1) is 13.8 Å². The number of carbonyl (C=O) groups is 1. The predicted molar refractivity (Wildman–Crippen MR) is 108 cm³/mol. The molecule has 1 saturated heterocycles. The highest BCUT2D eigenvalue weighted by molar-refractivity contribution is 6.05. The highest BCUT2D eigenvalue weighted by Gasteiger charge is 2.15. The number of aryl methyl sites for hydroxylation is 2. The van der Waals surface area contributed by atoms with Gasteiger partial charge < -0.3 is 10.1 Å². The molecule has 7 nitrogen and oxygen atoms in total. The molecular weight excluding hydrogens is 354 g/mol. The number of fused-ring (bicyclic) bond motifs is 1. The Kier molecular flexibility index (Phi) is 5.25. The second-order valence-electron chi connectivity index (χ2n) is 7.19. The Labute approximate surface area is 164 Å². The lowest BCUT2D eigenvalue weighted by molar-refractivity contribution is 0.102. The lowest BCUT2D eigenvalue weighted by Gasteiger charge is -2.15. The van der Waals surface area contributed by atoms with Crippen LogP contribution in [0.3, 0.4) is 0 Å². The molecule has 1 aromatic carbocycles. The average Bonchev–Trinajstić information content (AvgIpc) is 3.31. The second kappa shape index (κ2) is 7.98. The molecule has 0 saturated carbocycles. The number of nitrogens with one attached hydrogen (secondary N) is 1. The van der Waals surface area contributed by atoms with Gasteiger partial charge >= 0.3 is 0 Å². The van der Waals surface area contributed by atoms with Gasteiger partial charge in [0.25, 0.3) is 5.91 Å². The van der Waals surface area contributed by atoms with Gasteiger partial charge in [0.2, 0.25) is 0 Å². The normalized spacial score (nSPS) is 14.5. The number of nitrogens with zero attached hydrogens (tertiary/aromatic N) is 4. The maximum Gasteiger partial charge on any atom is 0.259 e. The van der Waals surface area contributed by atoms with Crippen LogP contribution in [-0.4, -0.2) is 51.6 Å². The number of carbonyl (C=O) groups excluding carboxylic acids is 1. The molecule has 28 heavy (non-hydrogen) atoms. The lowest BCUT2D eigenvalue weighted by atomic mass is 10.2. The van der Waals surface area contributed by atoms with Gasteiger partial charge in [-0.15, -0.1) is 0 Å². The summed E-state index contributed by atoms with van der Waals surface area (Å²) in [6.07, 6.45) is 4.15. The van der Waals surface area contributed by atoms with Gasteiger partial charge in [-0.1, -0.05) is 6.07 Å². The van der Waals surface area contributed by atoms with Crippen LogP contribution >= 0.6 is 0 Å². The van der Waals surface area contributed by atoms with Gasteiger partial charge in [-0.25, -0.2) is 9.50 Å². The van der Waals surface area contributed by atoms with E-state index in [2.05, 4.69) is 20.3 Å². The summed E-state index contributed by atoms with van der Waals surface area (Å²) >= 11 is 0. The Hall–Kier alpha value is -2.93. The molecule has 3 heterocycles. The van der Waals surface area contributed by atoms with Crippen molar-refractivity contribution in [3.63, 3.8) is 0 Å². The molecule has 146 valence electrons. The van der Waals surface area contributed by atoms with Gasteiger partial charge in [0.15, 0.2) is 5.65 Å². The molecule has 1 N–H and O–H groups in total. The van der Waals surface area contributed by atoms with Crippen molar-refractivity contribution >= 4 is 17.2 Å². The Morgan fingerprint density at radius 3 is 2.86 bits per heavy atom. The zero-order valence-electron chi connectivity index (χ0n) is 16.3. The predicted octanol–water partition coefficient (Wildman–Crippen LogP) is 3.07. The molecule has 0 atom stereocenters. The first-order chi connectivity index (χ1) is 13.6. The van der Waals surface area contributed by atoms with Crippen LogP contribution in [0.1, 0.15) is 34.6 Å². The topological polar surface area (TPSA) is 71.8 Å². The largest absolute Gasteiger partial charge is 0.492 e. The van der Waals surface area contributed by atoms with E-state index in [1.165, 1.54) is 12.8 Å². The molecule has 0 radical (unpaired) electrons. The number of amides is 1. The van der Waals surface area contributed by atoms with E-state index in [9.17, 15) is 4.79 Å². The molecule has 0 bridgehead atoms. The second-order valence-corrected chi connectivity index (χ2v) is 7.19. The quantitative estimate of drug-likeness (QED) is 0.713. The highest BCUT2D eigenvalue weighted by atomic mass is 16.5. The van der Waals surface area contributed by atoms with Crippen molar-refractivity contribution in [3.8, 4) is 5.75 Å². The fraction of sp³-hybridized carbons (Fsp3) is 0.381. The minimum atomic E-state index is -0.214. The van der Waals surface area contributed by atoms with Gasteiger partial charge in [-0.2, -0.15) is 5.10 Å². The van der Waals surface area contributed by atoms with Crippen LogP contribution in [-0.2, 0) is 0 Å². The van der Waals surface area contributed by atoms with Gasteiger partial charge in [-0.05, 0) is 51.9 Å². The average molecular weight is 379 g/mol. The molecule has 0 aliphatic carbocycles. The Morgan fingerprint density at radius 1 is 1.21 bits per heavy atom. The summed E-state index contributed by atoms with van der Waals surface area (Å²) in [5.74, 6) is 0.541. The number of anilines is 1. The van der Waals surface area contributed by atoms with E-state index >= 15 is 0 Å². The number of hydrogen-bond acceptors (Lipinski definition) is 5. The van der Waals surface area contributed by atoms with Gasteiger partial charge in [-0.3, -0.25) is 9.69 Å². The van der Waals surface area contributed by atoms with E-state index in [-0.39, 0.29) is 5.91 Å². The van der Waals surface area contributed by atoms with Crippen LogP contribution in [0.25, 0.3) is 5.65 Å². The highest BCUT2D eigenvalue weighted by Crippen LogP contribution is 2.19. The summed E-state index contributed by atoms with van der Waals surface area (Å²) < 4.78 is 7.56. The number of hydrogen-bond donors (Lipinski definition) is 1. The summed E-state index contributed by atoms with van der Waals surface area (Å²) in [5.41, 5.74) is 3.55. The van der Waals surface area contributed by atoms with Crippen molar-refractivity contribution < 1.29 is 9.53 Å². The van der Waals surface area contributed by atoms with E-state index in [4.69, 9.17) is 4.74 Å². The molecule has 1 aliphatic rings. The first-order valence-electron chi connectivity index (χ1n) is 9.69. The minimum Gasteiger partial charge on any atom is -0.492 e.